The molecule has 27 heavy (non-hydrogen) atoms. The Morgan fingerprint density at radius 1 is 1.30 bits per heavy atom. The van der Waals surface area contributed by atoms with Gasteiger partial charge in [0.2, 0.25) is 0 Å². The zero-order chi connectivity index (χ0) is 20.1. The van der Waals surface area contributed by atoms with Gasteiger partial charge < -0.3 is 9.64 Å². The van der Waals surface area contributed by atoms with E-state index in [-0.39, 0.29) is 22.9 Å². The number of nitrogens with zero attached hydrogens (tertiary/aromatic N) is 4. The Balaban J connectivity index is 2.25. The van der Waals surface area contributed by atoms with E-state index in [1.54, 1.807) is 0 Å². The summed E-state index contributed by atoms with van der Waals surface area (Å²) in [7, 11) is 0. The number of aryl methyl sites for hydroxylation is 1. The van der Waals surface area contributed by atoms with Gasteiger partial charge in [0.1, 0.15) is 0 Å². The van der Waals surface area contributed by atoms with Crippen molar-refractivity contribution in [2.24, 2.45) is 0 Å². The maximum absolute atomic E-state index is 13.6. The van der Waals surface area contributed by atoms with Crippen molar-refractivity contribution in [2.75, 3.05) is 19.8 Å². The summed E-state index contributed by atoms with van der Waals surface area (Å²) in [5, 5.41) is 5.61. The van der Waals surface area contributed by atoms with Crippen LogP contribution in [0.4, 0.5) is 0 Å². The third-order valence-corrected chi connectivity index (χ3v) is 5.18. The smallest absolute Gasteiger partial charge is 0.255 e. The minimum atomic E-state index is -0.336. The van der Waals surface area contributed by atoms with Crippen LogP contribution in [0.25, 0.3) is 11.0 Å². The van der Waals surface area contributed by atoms with Gasteiger partial charge in [-0.3, -0.25) is 4.79 Å². The molecule has 2 aromatic rings. The van der Waals surface area contributed by atoms with Crippen molar-refractivity contribution in [3.05, 3.63) is 23.0 Å². The third kappa shape index (κ3) is 3.47. The van der Waals surface area contributed by atoms with Crippen LogP contribution in [0.5, 0.6) is 0 Å². The molecule has 2 aromatic heterocycles. The van der Waals surface area contributed by atoms with E-state index >= 15 is 0 Å². The highest BCUT2D eigenvalue weighted by molar-refractivity contribution is 6.07. The number of carbonyl (C=O) groups excluding carboxylic acids is 1. The molecule has 0 bridgehead atoms. The van der Waals surface area contributed by atoms with Crippen LogP contribution in [0.3, 0.4) is 0 Å². The van der Waals surface area contributed by atoms with Gasteiger partial charge in [0.15, 0.2) is 5.65 Å². The van der Waals surface area contributed by atoms with E-state index in [2.05, 4.69) is 48.5 Å². The van der Waals surface area contributed by atoms with Gasteiger partial charge in [-0.1, -0.05) is 13.8 Å². The zero-order valence-corrected chi connectivity index (χ0v) is 17.9. The van der Waals surface area contributed by atoms with Crippen LogP contribution in [0.1, 0.15) is 76.1 Å². The number of hydrogen-bond acceptors (Lipinski definition) is 4. The number of aromatic nitrogens is 3. The molecule has 0 unspecified atom stereocenters. The molecule has 0 radical (unpaired) electrons. The fourth-order valence-electron chi connectivity index (χ4n) is 3.62. The highest BCUT2D eigenvalue weighted by Crippen LogP contribution is 2.31. The van der Waals surface area contributed by atoms with Crippen molar-refractivity contribution >= 4 is 16.9 Å². The average molecular weight is 373 g/mol. The SMILES string of the molecule is Cc1nn(C(C)(C)C)c2nc(C(C)C)cc(C(=O)N3CCOCC3(C)C)c12. The predicted octanol–water partition coefficient (Wildman–Crippen LogP) is 3.87. The summed E-state index contributed by atoms with van der Waals surface area (Å²) < 4.78 is 7.55. The molecule has 0 aliphatic carbocycles. The minimum Gasteiger partial charge on any atom is -0.377 e. The van der Waals surface area contributed by atoms with Crippen LogP contribution in [0.2, 0.25) is 0 Å². The molecule has 3 heterocycles. The lowest BCUT2D eigenvalue weighted by Crippen LogP contribution is -2.55. The number of ether oxygens (including phenoxy) is 1. The molecular weight excluding hydrogens is 340 g/mol. The predicted molar refractivity (Wildman–Crippen MR) is 107 cm³/mol. The van der Waals surface area contributed by atoms with Gasteiger partial charge in [-0.25, -0.2) is 9.67 Å². The lowest BCUT2D eigenvalue weighted by atomic mass is 9.98. The van der Waals surface area contributed by atoms with Gasteiger partial charge in [0.25, 0.3) is 5.91 Å². The number of amides is 1. The van der Waals surface area contributed by atoms with Crippen LogP contribution in [0.15, 0.2) is 6.07 Å². The summed E-state index contributed by atoms with van der Waals surface area (Å²) in [6, 6.07) is 1.96. The molecule has 6 heteroatoms. The van der Waals surface area contributed by atoms with Gasteiger partial charge in [0, 0.05) is 12.2 Å². The molecule has 1 amide bonds. The Morgan fingerprint density at radius 3 is 2.52 bits per heavy atom. The quantitative estimate of drug-likeness (QED) is 0.803. The first-order chi connectivity index (χ1) is 12.4. The molecule has 1 fully saturated rings. The summed E-state index contributed by atoms with van der Waals surface area (Å²) in [6.07, 6.45) is 0. The first-order valence-corrected chi connectivity index (χ1v) is 9.74. The Labute approximate surface area is 161 Å². The zero-order valence-electron chi connectivity index (χ0n) is 17.9. The number of hydrogen-bond donors (Lipinski definition) is 0. The second-order valence-corrected chi connectivity index (χ2v) is 9.44. The summed E-state index contributed by atoms with van der Waals surface area (Å²) >= 11 is 0. The maximum atomic E-state index is 13.6. The summed E-state index contributed by atoms with van der Waals surface area (Å²) in [5.41, 5.74) is 2.71. The Bertz CT molecular complexity index is 874. The maximum Gasteiger partial charge on any atom is 0.255 e. The van der Waals surface area contributed by atoms with Crippen molar-refractivity contribution < 1.29 is 9.53 Å². The van der Waals surface area contributed by atoms with Crippen LogP contribution >= 0.6 is 0 Å². The van der Waals surface area contributed by atoms with Crippen LogP contribution in [-0.2, 0) is 10.3 Å². The van der Waals surface area contributed by atoms with E-state index in [1.807, 2.05) is 22.6 Å². The Morgan fingerprint density at radius 2 is 1.96 bits per heavy atom. The summed E-state index contributed by atoms with van der Waals surface area (Å²) in [4.78, 5) is 20.4. The van der Waals surface area contributed by atoms with Crippen molar-refractivity contribution in [1.82, 2.24) is 19.7 Å². The lowest BCUT2D eigenvalue weighted by molar-refractivity contribution is -0.0369. The number of fused-ring (bicyclic) bond motifs is 1. The number of carbonyl (C=O) groups is 1. The highest BCUT2D eigenvalue weighted by atomic mass is 16.5. The molecule has 1 aliphatic rings. The van der Waals surface area contributed by atoms with Gasteiger partial charge in [-0.2, -0.15) is 5.10 Å². The minimum absolute atomic E-state index is 0.0363. The van der Waals surface area contributed by atoms with E-state index in [0.717, 1.165) is 22.4 Å². The molecule has 3 rings (SSSR count). The average Bonchev–Trinajstić information content (AvgIpc) is 2.90. The van der Waals surface area contributed by atoms with Crippen molar-refractivity contribution in [3.63, 3.8) is 0 Å². The monoisotopic (exact) mass is 372 g/mol. The molecule has 1 saturated heterocycles. The third-order valence-electron chi connectivity index (χ3n) is 5.18. The topological polar surface area (TPSA) is 60.2 Å². The number of pyridine rings is 1. The largest absolute Gasteiger partial charge is 0.377 e. The van der Waals surface area contributed by atoms with Crippen molar-refractivity contribution in [1.29, 1.82) is 0 Å². The van der Waals surface area contributed by atoms with E-state index in [4.69, 9.17) is 14.8 Å². The number of morpholine rings is 1. The molecule has 1 aliphatic heterocycles. The van der Waals surface area contributed by atoms with Gasteiger partial charge in [-0.15, -0.1) is 0 Å². The van der Waals surface area contributed by atoms with E-state index in [9.17, 15) is 4.79 Å². The van der Waals surface area contributed by atoms with Crippen LogP contribution in [0, 0.1) is 6.92 Å². The summed E-state index contributed by atoms with van der Waals surface area (Å²) in [5.74, 6) is 0.261. The summed E-state index contributed by atoms with van der Waals surface area (Å²) in [6.45, 7) is 18.3. The van der Waals surface area contributed by atoms with Crippen LogP contribution < -0.4 is 0 Å². The lowest BCUT2D eigenvalue weighted by Gasteiger charge is -2.42. The fourth-order valence-corrected chi connectivity index (χ4v) is 3.62. The molecule has 0 aromatic carbocycles. The van der Waals surface area contributed by atoms with Crippen molar-refractivity contribution in [2.45, 2.75) is 72.4 Å². The first-order valence-electron chi connectivity index (χ1n) is 9.74. The van der Waals surface area contributed by atoms with E-state index in [1.165, 1.54) is 0 Å². The molecule has 6 nitrogen and oxygen atoms in total. The Hall–Kier alpha value is -1.95. The van der Waals surface area contributed by atoms with Gasteiger partial charge in [0.05, 0.1) is 40.9 Å². The fraction of sp³-hybridized carbons (Fsp3) is 0.667. The molecular formula is C21H32N4O2. The van der Waals surface area contributed by atoms with E-state index < -0.39 is 0 Å². The highest BCUT2D eigenvalue weighted by Gasteiger charge is 2.36. The second kappa shape index (κ2) is 6.59. The van der Waals surface area contributed by atoms with Gasteiger partial charge >= 0.3 is 0 Å². The molecule has 148 valence electrons. The standard InChI is InChI=1S/C21H32N4O2/c1-13(2)16-11-15(19(26)24-9-10-27-12-21(24,7)8)17-14(3)23-25(18(17)22-16)20(4,5)6/h11,13H,9-10,12H2,1-8H3. The first kappa shape index (κ1) is 19.8. The second-order valence-electron chi connectivity index (χ2n) is 9.44. The van der Waals surface area contributed by atoms with Crippen LogP contribution in [-0.4, -0.2) is 50.9 Å². The van der Waals surface area contributed by atoms with Gasteiger partial charge in [-0.05, 0) is 53.5 Å². The normalized spacial score (nSPS) is 17.7. The molecule has 0 spiro atoms. The molecule has 0 N–H and O–H groups in total. The van der Waals surface area contributed by atoms with E-state index in [0.29, 0.717) is 25.3 Å². The molecule has 0 atom stereocenters. The molecule has 0 saturated carbocycles. The van der Waals surface area contributed by atoms with Crippen molar-refractivity contribution in [3.8, 4) is 0 Å². The number of rotatable bonds is 2. The Kier molecular flexibility index (Phi) is 4.83.